The van der Waals surface area contributed by atoms with Crippen LogP contribution in [0.5, 0.6) is 0 Å². The molecular weight excluding hydrogens is 560 g/mol. The molecule has 0 aliphatic heterocycles. The lowest BCUT2D eigenvalue weighted by Crippen LogP contribution is -1.92. The molecule has 0 saturated heterocycles. The van der Waals surface area contributed by atoms with Crippen molar-refractivity contribution in [1.29, 1.82) is 0 Å². The number of hydrogen-bond donors (Lipinski definition) is 0. The van der Waals surface area contributed by atoms with Gasteiger partial charge >= 0.3 is 0 Å². The molecule has 0 bridgehead atoms. The highest BCUT2D eigenvalue weighted by atomic mass is 16.3. The zero-order valence-electron chi connectivity index (χ0n) is 24.7. The maximum atomic E-state index is 6.38. The molecule has 0 spiro atoms. The average Bonchev–Trinajstić information content (AvgIpc) is 3.67. The first-order chi connectivity index (χ1) is 22.8. The van der Waals surface area contributed by atoms with E-state index in [0.717, 1.165) is 33.1 Å². The van der Waals surface area contributed by atoms with Crippen LogP contribution in [0.25, 0.3) is 109 Å². The van der Waals surface area contributed by atoms with E-state index in [-0.39, 0.29) is 0 Å². The molecule has 9 aromatic carbocycles. The summed E-state index contributed by atoms with van der Waals surface area (Å²) in [5, 5.41) is 14.5. The Morgan fingerprint density at radius 2 is 0.870 bits per heavy atom. The topological polar surface area (TPSA) is 26.3 Å². The molecule has 0 unspecified atom stereocenters. The molecule has 0 saturated carbocycles. The van der Waals surface area contributed by atoms with Crippen molar-refractivity contribution in [2.24, 2.45) is 0 Å². The summed E-state index contributed by atoms with van der Waals surface area (Å²) in [5.41, 5.74) is 8.62. The molecule has 0 radical (unpaired) electrons. The molecule has 2 heteroatoms. The molecule has 0 atom stereocenters. The summed E-state index contributed by atoms with van der Waals surface area (Å²) in [5.74, 6) is 0. The quantitative estimate of drug-likeness (QED) is 0.149. The van der Waals surface area contributed by atoms with E-state index in [1.165, 1.54) is 76.1 Å². The minimum Gasteiger partial charge on any atom is -0.456 e. The first-order valence-electron chi connectivity index (χ1n) is 15.8. The summed E-state index contributed by atoms with van der Waals surface area (Å²) in [6, 6.07) is 52.5. The van der Waals surface area contributed by atoms with Crippen LogP contribution in [0.1, 0.15) is 0 Å². The second-order valence-electron chi connectivity index (χ2n) is 12.4. The number of fused-ring (bicyclic) bond motifs is 6. The monoisotopic (exact) mass is 584 g/mol. The van der Waals surface area contributed by atoms with E-state index in [1.54, 1.807) is 0 Å². The number of furan rings is 2. The summed E-state index contributed by atoms with van der Waals surface area (Å²) < 4.78 is 12.7. The lowest BCUT2D eigenvalue weighted by molar-refractivity contribution is 0.669. The standard InChI is InChI=1S/C44H24O2/c1-2-10-26-24-40-35(21-25(26)9-1)34-22-28(19-20-37(34)45-40)41-29-12-3-5-14-31(29)43(32-15-6-4-13-30(32)41)36-23-27-11-7-17-38-42(27)44-33(36)16-8-18-39(44)46-38/h1-24H. The third-order valence-electron chi connectivity index (χ3n) is 9.97. The van der Waals surface area contributed by atoms with Crippen molar-refractivity contribution in [1.82, 2.24) is 0 Å². The predicted molar refractivity (Wildman–Crippen MR) is 193 cm³/mol. The zero-order valence-corrected chi connectivity index (χ0v) is 24.7. The molecule has 11 aromatic rings. The Morgan fingerprint density at radius 3 is 1.63 bits per heavy atom. The number of hydrogen-bond acceptors (Lipinski definition) is 2. The molecule has 46 heavy (non-hydrogen) atoms. The number of rotatable bonds is 2. The average molecular weight is 585 g/mol. The maximum absolute atomic E-state index is 6.38. The Labute approximate surface area is 263 Å². The molecule has 2 heterocycles. The van der Waals surface area contributed by atoms with E-state index in [1.807, 2.05) is 0 Å². The zero-order chi connectivity index (χ0) is 29.9. The Bertz CT molecular complexity index is 2970. The van der Waals surface area contributed by atoms with Crippen LogP contribution in [0, 0.1) is 0 Å². The van der Waals surface area contributed by atoms with Crippen molar-refractivity contribution in [3.05, 3.63) is 146 Å². The highest BCUT2D eigenvalue weighted by molar-refractivity contribution is 6.30. The smallest absolute Gasteiger partial charge is 0.136 e. The Kier molecular flexibility index (Phi) is 4.61. The third-order valence-corrected chi connectivity index (χ3v) is 9.97. The van der Waals surface area contributed by atoms with Crippen LogP contribution in [0.4, 0.5) is 0 Å². The van der Waals surface area contributed by atoms with Gasteiger partial charge in [0, 0.05) is 21.5 Å². The fraction of sp³-hybridized carbons (Fsp3) is 0. The number of benzene rings is 9. The van der Waals surface area contributed by atoms with E-state index in [2.05, 4.69) is 146 Å². The molecule has 212 valence electrons. The van der Waals surface area contributed by atoms with Gasteiger partial charge in [-0.1, -0.05) is 103 Å². The summed E-state index contributed by atoms with van der Waals surface area (Å²) in [7, 11) is 0. The molecule has 11 rings (SSSR count). The van der Waals surface area contributed by atoms with Gasteiger partial charge in [-0.05, 0) is 108 Å². The van der Waals surface area contributed by atoms with E-state index in [4.69, 9.17) is 8.83 Å². The van der Waals surface area contributed by atoms with Gasteiger partial charge in [0.2, 0.25) is 0 Å². The molecule has 0 aliphatic carbocycles. The van der Waals surface area contributed by atoms with Crippen molar-refractivity contribution in [2.45, 2.75) is 0 Å². The van der Waals surface area contributed by atoms with Gasteiger partial charge in [-0.15, -0.1) is 0 Å². The summed E-state index contributed by atoms with van der Waals surface area (Å²) in [4.78, 5) is 0. The van der Waals surface area contributed by atoms with Crippen LogP contribution in [0.3, 0.4) is 0 Å². The van der Waals surface area contributed by atoms with E-state index < -0.39 is 0 Å². The van der Waals surface area contributed by atoms with Crippen LogP contribution < -0.4 is 0 Å². The van der Waals surface area contributed by atoms with Crippen molar-refractivity contribution in [3.63, 3.8) is 0 Å². The highest BCUT2D eigenvalue weighted by Gasteiger charge is 2.22. The van der Waals surface area contributed by atoms with Gasteiger partial charge in [-0.2, -0.15) is 0 Å². The van der Waals surface area contributed by atoms with Crippen molar-refractivity contribution >= 4 is 87.0 Å². The van der Waals surface area contributed by atoms with Crippen molar-refractivity contribution < 1.29 is 8.83 Å². The van der Waals surface area contributed by atoms with E-state index in [9.17, 15) is 0 Å². The molecule has 2 aromatic heterocycles. The minimum absolute atomic E-state index is 0.907. The summed E-state index contributed by atoms with van der Waals surface area (Å²) >= 11 is 0. The van der Waals surface area contributed by atoms with Crippen LogP contribution >= 0.6 is 0 Å². The van der Waals surface area contributed by atoms with Crippen molar-refractivity contribution in [2.75, 3.05) is 0 Å². The fourth-order valence-corrected chi connectivity index (χ4v) is 8.03. The third kappa shape index (κ3) is 3.15. The first kappa shape index (κ1) is 24.2. The summed E-state index contributed by atoms with van der Waals surface area (Å²) in [6.07, 6.45) is 0. The Morgan fingerprint density at radius 1 is 0.304 bits per heavy atom. The van der Waals surface area contributed by atoms with Gasteiger partial charge in [0.15, 0.2) is 0 Å². The SMILES string of the molecule is c1ccc2cc3c(cc2c1)oc1ccc(-c2c4ccccc4c(-c4cc5cccc6oc7cccc4c7c56)c4ccccc24)cc13. The molecule has 0 fully saturated rings. The molecule has 2 nitrogen and oxygen atoms in total. The Balaban J connectivity index is 1.26. The second kappa shape index (κ2) is 8.74. The second-order valence-corrected chi connectivity index (χ2v) is 12.4. The van der Waals surface area contributed by atoms with Crippen LogP contribution in [0.2, 0.25) is 0 Å². The molecule has 0 N–H and O–H groups in total. The fourth-order valence-electron chi connectivity index (χ4n) is 8.03. The van der Waals surface area contributed by atoms with Gasteiger partial charge in [0.1, 0.15) is 22.3 Å². The van der Waals surface area contributed by atoms with Gasteiger partial charge < -0.3 is 8.83 Å². The van der Waals surface area contributed by atoms with Gasteiger partial charge in [-0.25, -0.2) is 0 Å². The van der Waals surface area contributed by atoms with Gasteiger partial charge in [-0.3, -0.25) is 0 Å². The van der Waals surface area contributed by atoms with Crippen molar-refractivity contribution in [3.8, 4) is 22.3 Å². The minimum atomic E-state index is 0.907. The largest absolute Gasteiger partial charge is 0.456 e. The molecule has 0 aliphatic rings. The van der Waals surface area contributed by atoms with Gasteiger partial charge in [0.05, 0.1) is 0 Å². The van der Waals surface area contributed by atoms with Crippen LogP contribution in [-0.2, 0) is 0 Å². The summed E-state index contributed by atoms with van der Waals surface area (Å²) in [6.45, 7) is 0. The maximum Gasteiger partial charge on any atom is 0.136 e. The van der Waals surface area contributed by atoms with Crippen LogP contribution in [0.15, 0.2) is 154 Å². The van der Waals surface area contributed by atoms with E-state index >= 15 is 0 Å². The lowest BCUT2D eigenvalue weighted by atomic mass is 9.83. The highest BCUT2D eigenvalue weighted by Crippen LogP contribution is 2.49. The van der Waals surface area contributed by atoms with Crippen LogP contribution in [-0.4, -0.2) is 0 Å². The molecular formula is C44H24O2. The predicted octanol–water partition coefficient (Wildman–Crippen LogP) is 12.9. The Hall–Kier alpha value is -6.12. The van der Waals surface area contributed by atoms with E-state index in [0.29, 0.717) is 0 Å². The lowest BCUT2D eigenvalue weighted by Gasteiger charge is -2.19. The van der Waals surface area contributed by atoms with Gasteiger partial charge in [0.25, 0.3) is 0 Å². The first-order valence-corrected chi connectivity index (χ1v) is 15.8. The molecule has 0 amide bonds. The normalized spacial score (nSPS) is 12.3.